The fourth-order valence-corrected chi connectivity index (χ4v) is 10.3. The highest BCUT2D eigenvalue weighted by atomic mass is 16.7. The maximum absolute atomic E-state index is 11.8. The van der Waals surface area contributed by atoms with E-state index in [-0.39, 0.29) is 48.1 Å². The van der Waals surface area contributed by atoms with Gasteiger partial charge in [0.25, 0.3) is 0 Å². The molecule has 7 aliphatic heterocycles. The predicted octanol–water partition coefficient (Wildman–Crippen LogP) is 5.97. The molecule has 3 N–H and O–H groups in total. The van der Waals surface area contributed by atoms with Gasteiger partial charge in [0.05, 0.1) is 43.2 Å². The van der Waals surface area contributed by atoms with E-state index in [4.69, 9.17) is 33.2 Å². The maximum atomic E-state index is 11.8. The number of hydrogen-bond donors (Lipinski definition) is 3. The average Bonchev–Trinajstić information content (AvgIpc) is 3.53. The van der Waals surface area contributed by atoms with E-state index in [1.165, 1.54) is 0 Å². The van der Waals surface area contributed by atoms with E-state index in [2.05, 4.69) is 39.5 Å². The standard InChI is InChI=1S/C43H66O11/c1-25-21-35(52-43(24-25)36(46)12-11-32(51-43)23-29(5)44)26(2)9-10-31-14-18-42(50-31)19-15-34-40(54-42)37(47)30(6)39(49-34)33(45)22-28(4)38-27(3)13-17-41(53-38)16-7-8-20-48-41/h9-10,24,26-28,31-40,45-47H,6-8,11-23H2,1-5H3/b10-9+/t26-,27-,28+,31+,32+,33+,34+,35+,36-,37-,38+,39-,40-,41+,42+,43-/m1/s1. The number of carbonyl (C=O) groups excluding carboxylic acids is 1. The zero-order valence-corrected chi connectivity index (χ0v) is 33.2. The maximum Gasteiger partial charge on any atom is 0.215 e. The van der Waals surface area contributed by atoms with E-state index in [1.54, 1.807) is 6.92 Å². The van der Waals surface area contributed by atoms with Crippen LogP contribution in [0.3, 0.4) is 0 Å². The Labute approximate surface area is 321 Å². The minimum Gasteiger partial charge on any atom is -0.390 e. The number of aliphatic hydroxyl groups excluding tert-OH is 3. The number of ketones is 1. The number of fused-ring (bicyclic) bond motifs is 1. The van der Waals surface area contributed by atoms with Crippen LogP contribution in [0.4, 0.5) is 0 Å². The van der Waals surface area contributed by atoms with Gasteiger partial charge in [-0.15, -0.1) is 0 Å². The van der Waals surface area contributed by atoms with Crippen molar-refractivity contribution >= 4 is 5.78 Å². The summed E-state index contributed by atoms with van der Waals surface area (Å²) in [5, 5.41) is 34.1. The van der Waals surface area contributed by atoms with Gasteiger partial charge in [-0.25, -0.2) is 0 Å². The van der Waals surface area contributed by atoms with Gasteiger partial charge in [0, 0.05) is 38.0 Å². The Morgan fingerprint density at radius 1 is 0.981 bits per heavy atom. The molecule has 7 heterocycles. The van der Waals surface area contributed by atoms with E-state index < -0.39 is 47.9 Å². The van der Waals surface area contributed by atoms with Crippen LogP contribution >= 0.6 is 0 Å². The van der Waals surface area contributed by atoms with Gasteiger partial charge >= 0.3 is 0 Å². The van der Waals surface area contributed by atoms with E-state index in [0.717, 1.165) is 50.7 Å². The van der Waals surface area contributed by atoms with Crippen LogP contribution in [0.15, 0.2) is 36.0 Å². The molecule has 16 atom stereocenters. The monoisotopic (exact) mass is 758 g/mol. The molecule has 0 aromatic rings. The smallest absolute Gasteiger partial charge is 0.215 e. The molecule has 0 aromatic heterocycles. The third kappa shape index (κ3) is 8.52. The second kappa shape index (κ2) is 16.4. The number of hydrogen-bond acceptors (Lipinski definition) is 11. The quantitative estimate of drug-likeness (QED) is 0.240. The molecule has 0 aromatic carbocycles. The number of Topliss-reactive ketones (excluding diaryl/α,β-unsaturated/α-hetero) is 1. The topological polar surface area (TPSA) is 142 Å². The molecule has 0 unspecified atom stereocenters. The summed E-state index contributed by atoms with van der Waals surface area (Å²) in [6.45, 7) is 15.0. The summed E-state index contributed by atoms with van der Waals surface area (Å²) in [5.74, 6) is -2.08. The lowest BCUT2D eigenvalue weighted by molar-refractivity contribution is -0.320. The van der Waals surface area contributed by atoms with Crippen molar-refractivity contribution in [2.75, 3.05) is 6.61 Å². The van der Waals surface area contributed by atoms with E-state index in [9.17, 15) is 20.1 Å². The van der Waals surface area contributed by atoms with Crippen LogP contribution in [0, 0.1) is 17.8 Å². The Morgan fingerprint density at radius 2 is 1.76 bits per heavy atom. The summed E-state index contributed by atoms with van der Waals surface area (Å²) in [7, 11) is 0. The van der Waals surface area contributed by atoms with Crippen LogP contribution in [0.2, 0.25) is 0 Å². The van der Waals surface area contributed by atoms with Crippen molar-refractivity contribution in [2.24, 2.45) is 17.8 Å². The lowest BCUT2D eigenvalue weighted by Gasteiger charge is -2.50. The van der Waals surface area contributed by atoms with Gasteiger partial charge in [-0.1, -0.05) is 45.1 Å². The average molecular weight is 759 g/mol. The highest BCUT2D eigenvalue weighted by Gasteiger charge is 2.54. The van der Waals surface area contributed by atoms with E-state index in [1.807, 2.05) is 13.0 Å². The van der Waals surface area contributed by atoms with E-state index >= 15 is 0 Å². The summed E-state index contributed by atoms with van der Waals surface area (Å²) in [6, 6.07) is 0. The number of carbonyl (C=O) groups is 1. The van der Waals surface area contributed by atoms with Crippen molar-refractivity contribution in [3.63, 3.8) is 0 Å². The van der Waals surface area contributed by atoms with Gasteiger partial charge in [-0.3, -0.25) is 4.79 Å². The molecule has 54 heavy (non-hydrogen) atoms. The Bertz CT molecular complexity index is 1410. The molecular weight excluding hydrogens is 692 g/mol. The molecule has 11 heteroatoms. The van der Waals surface area contributed by atoms with Crippen LogP contribution in [0.25, 0.3) is 0 Å². The first-order chi connectivity index (χ1) is 25.7. The highest BCUT2D eigenvalue weighted by Crippen LogP contribution is 2.47. The van der Waals surface area contributed by atoms with Gasteiger partial charge in [-0.05, 0) is 95.1 Å². The fourth-order valence-electron chi connectivity index (χ4n) is 10.3. The molecule has 7 aliphatic rings. The summed E-state index contributed by atoms with van der Waals surface area (Å²) < 4.78 is 45.3. The summed E-state index contributed by atoms with van der Waals surface area (Å²) in [4.78, 5) is 11.8. The molecule has 0 amide bonds. The molecule has 304 valence electrons. The van der Waals surface area contributed by atoms with Gasteiger partial charge in [0.2, 0.25) is 5.79 Å². The van der Waals surface area contributed by atoms with Crippen molar-refractivity contribution < 1.29 is 53.3 Å². The zero-order chi connectivity index (χ0) is 38.4. The Kier molecular flexibility index (Phi) is 12.3. The van der Waals surface area contributed by atoms with Crippen molar-refractivity contribution in [3.8, 4) is 0 Å². The normalized spacial score (nSPS) is 46.1. The Hall–Kier alpha value is -1.51. The molecule has 3 spiro atoms. The first-order valence-electron chi connectivity index (χ1n) is 21.0. The summed E-state index contributed by atoms with van der Waals surface area (Å²) in [6.07, 6.45) is 11.5. The van der Waals surface area contributed by atoms with Crippen LogP contribution in [-0.4, -0.2) is 106 Å². The largest absolute Gasteiger partial charge is 0.390 e. The first kappa shape index (κ1) is 40.7. The number of ether oxygens (including phenoxy) is 7. The van der Waals surface area contributed by atoms with Crippen molar-refractivity contribution in [2.45, 2.75) is 203 Å². The number of aliphatic hydroxyl groups is 3. The van der Waals surface area contributed by atoms with Crippen LogP contribution in [0.5, 0.6) is 0 Å². The van der Waals surface area contributed by atoms with Crippen molar-refractivity contribution in [3.05, 3.63) is 36.0 Å². The first-order valence-corrected chi connectivity index (χ1v) is 21.0. The summed E-state index contributed by atoms with van der Waals surface area (Å²) in [5.41, 5.74) is 1.53. The van der Waals surface area contributed by atoms with E-state index in [0.29, 0.717) is 62.9 Å². The van der Waals surface area contributed by atoms with Crippen LogP contribution in [0.1, 0.15) is 125 Å². The zero-order valence-electron chi connectivity index (χ0n) is 33.2. The van der Waals surface area contributed by atoms with Gasteiger partial charge in [-0.2, -0.15) is 0 Å². The fraction of sp³-hybridized carbons (Fsp3) is 0.837. The molecule has 0 radical (unpaired) electrons. The minimum absolute atomic E-state index is 0.00359. The van der Waals surface area contributed by atoms with Gasteiger partial charge in [0.15, 0.2) is 11.6 Å². The van der Waals surface area contributed by atoms with Crippen LogP contribution < -0.4 is 0 Å². The molecule has 6 fully saturated rings. The highest BCUT2D eigenvalue weighted by molar-refractivity contribution is 5.76. The lowest BCUT2D eigenvalue weighted by atomic mass is 9.79. The van der Waals surface area contributed by atoms with Gasteiger partial charge < -0.3 is 48.5 Å². The Balaban J connectivity index is 0.921. The predicted molar refractivity (Wildman–Crippen MR) is 200 cm³/mol. The molecule has 11 nitrogen and oxygen atoms in total. The second-order valence-corrected chi connectivity index (χ2v) is 18.0. The lowest BCUT2D eigenvalue weighted by Crippen LogP contribution is -2.60. The van der Waals surface area contributed by atoms with Crippen molar-refractivity contribution in [1.82, 2.24) is 0 Å². The third-order valence-electron chi connectivity index (χ3n) is 13.4. The minimum atomic E-state index is -1.25. The molecule has 0 bridgehead atoms. The SMILES string of the molecule is C=C1[C@@H](O)[C@@H]2O[C@]3(CC[C@@H]2O[C@H]1[C@@H](O)C[C@H](C)[C@H]1O[C@@]2(CCCCO2)CC[C@H]1C)CC[C@H](/C=C/[C@@H](C)[C@@H]1CC(C)=C[C@@]2(O[C@H](CC(C)=O)CC[C@H]2O)O1)O3. The molecule has 6 saturated heterocycles. The van der Waals surface area contributed by atoms with Crippen molar-refractivity contribution in [1.29, 1.82) is 0 Å². The number of rotatable bonds is 9. The molecule has 0 saturated carbocycles. The van der Waals surface area contributed by atoms with Gasteiger partial charge in [0.1, 0.15) is 30.2 Å². The Morgan fingerprint density at radius 3 is 2.52 bits per heavy atom. The second-order valence-electron chi connectivity index (χ2n) is 18.0. The molecular formula is C43H66O11. The summed E-state index contributed by atoms with van der Waals surface area (Å²) >= 11 is 0. The molecule has 0 aliphatic carbocycles. The third-order valence-corrected chi connectivity index (χ3v) is 13.4. The molecule has 7 rings (SSSR count). The van der Waals surface area contributed by atoms with Crippen LogP contribution in [-0.2, 0) is 38.0 Å².